The second-order valence-corrected chi connectivity index (χ2v) is 18.9. The summed E-state index contributed by atoms with van der Waals surface area (Å²) in [6.07, 6.45) is 1.46. The lowest BCUT2D eigenvalue weighted by Gasteiger charge is -2.31. The first-order valence-electron chi connectivity index (χ1n) is 25.0. The summed E-state index contributed by atoms with van der Waals surface area (Å²) in [5.41, 5.74) is 8.38. The average Bonchev–Trinajstić information content (AvgIpc) is 3.35. The zero-order chi connectivity index (χ0) is 54.2. The van der Waals surface area contributed by atoms with Crippen LogP contribution in [0.1, 0.15) is 120 Å². The van der Waals surface area contributed by atoms with Gasteiger partial charge in [-0.1, -0.05) is 75.6 Å². The Labute approximate surface area is 437 Å². The van der Waals surface area contributed by atoms with Gasteiger partial charge >= 0.3 is 30.0 Å². The Morgan fingerprint density at radius 1 is 0.667 bits per heavy atom. The minimum atomic E-state index is -1.63. The number of Topliss-reactive ketones (excluding diaryl/α,β-unsaturated/α-hetero) is 3. The maximum atomic E-state index is 14.5. The fourth-order valence-electron chi connectivity index (χ4n) is 9.14. The van der Waals surface area contributed by atoms with E-state index in [1.807, 2.05) is 19.1 Å². The lowest BCUT2D eigenvalue weighted by atomic mass is 9.76. The van der Waals surface area contributed by atoms with Crippen molar-refractivity contribution in [3.05, 3.63) is 89.5 Å². The highest BCUT2D eigenvalue weighted by molar-refractivity contribution is 6.00. The number of ether oxygens (including phenoxy) is 1. The number of aliphatic carboxylic acids is 3. The molecule has 20 heteroatoms. The molecule has 20 nitrogen and oxygen atoms in total. The normalized spacial score (nSPS) is 14.2. The van der Waals surface area contributed by atoms with Crippen LogP contribution in [0.4, 0.5) is 21.0 Å². The van der Waals surface area contributed by atoms with Gasteiger partial charge in [-0.15, -0.1) is 0 Å². The Hall–Kier alpha value is -7.64. The maximum Gasteiger partial charge on any atom is 0.323 e. The summed E-state index contributed by atoms with van der Waals surface area (Å²) in [5.74, 6) is -10.3. The van der Waals surface area contributed by atoms with E-state index in [9.17, 15) is 63.3 Å². The highest BCUT2D eigenvalue weighted by Crippen LogP contribution is 2.33. The monoisotopic (exact) mass is 1040 g/mol. The predicted molar refractivity (Wildman–Crippen MR) is 280 cm³/mol. The number of carbonyl (C=O) groups excluding carboxylic acids is 7. The summed E-state index contributed by atoms with van der Waals surface area (Å²) in [5, 5.41) is 42.7. The van der Waals surface area contributed by atoms with E-state index in [4.69, 9.17) is 10.5 Å². The Balaban J connectivity index is 0.0000148. The number of carboxylic acids is 3. The van der Waals surface area contributed by atoms with Gasteiger partial charge in [-0.25, -0.2) is 9.59 Å². The van der Waals surface area contributed by atoms with E-state index in [1.54, 1.807) is 60.7 Å². The van der Waals surface area contributed by atoms with Gasteiger partial charge in [0.25, 0.3) is 0 Å². The summed E-state index contributed by atoms with van der Waals surface area (Å²) >= 11 is 0. The van der Waals surface area contributed by atoms with E-state index < -0.39 is 102 Å². The number of primary amides is 1. The van der Waals surface area contributed by atoms with Crippen molar-refractivity contribution in [1.82, 2.24) is 16.0 Å². The number of para-hydroxylation sites is 1. The number of carboxylic acid groups (broad SMARTS) is 3. The van der Waals surface area contributed by atoms with E-state index in [2.05, 4.69) is 26.6 Å². The molecule has 1 saturated carbocycles. The molecule has 3 aromatic carbocycles. The third-order valence-electron chi connectivity index (χ3n) is 13.2. The van der Waals surface area contributed by atoms with Gasteiger partial charge in [0.15, 0.2) is 11.6 Å². The van der Waals surface area contributed by atoms with Crippen LogP contribution in [-0.2, 0) is 51.2 Å². The molecule has 0 bridgehead atoms. The van der Waals surface area contributed by atoms with Crippen LogP contribution in [0.2, 0.25) is 0 Å². The molecule has 0 radical (unpaired) electrons. The van der Waals surface area contributed by atoms with Crippen LogP contribution in [0.3, 0.4) is 0 Å². The van der Waals surface area contributed by atoms with E-state index in [0.29, 0.717) is 53.9 Å². The molecule has 6 amide bonds. The molecule has 4 rings (SSSR count). The molecule has 1 fully saturated rings. The van der Waals surface area contributed by atoms with Crippen molar-refractivity contribution in [2.24, 2.45) is 29.4 Å². The molecule has 408 valence electrons. The maximum absolute atomic E-state index is 14.5. The van der Waals surface area contributed by atoms with Gasteiger partial charge in [0.05, 0.1) is 31.5 Å². The number of benzene rings is 3. The molecule has 0 unspecified atom stereocenters. The van der Waals surface area contributed by atoms with E-state index in [1.165, 1.54) is 7.11 Å². The summed E-state index contributed by atoms with van der Waals surface area (Å²) in [6.45, 7) is 2.06. The highest BCUT2D eigenvalue weighted by Gasteiger charge is 2.37. The Bertz CT molecular complexity index is 2420. The van der Waals surface area contributed by atoms with Crippen molar-refractivity contribution in [2.45, 2.75) is 136 Å². The second kappa shape index (κ2) is 31.8. The lowest BCUT2D eigenvalue weighted by Crippen LogP contribution is -2.49. The molecule has 1 aliphatic rings. The van der Waals surface area contributed by atoms with Gasteiger partial charge in [0.2, 0.25) is 11.8 Å². The number of rotatable bonds is 32. The molecule has 10 N–H and O–H groups in total. The number of nitrogens with two attached hydrogens (primary N) is 1. The van der Waals surface area contributed by atoms with Crippen LogP contribution < -0.4 is 37.1 Å². The Morgan fingerprint density at radius 3 is 1.92 bits per heavy atom. The van der Waals surface area contributed by atoms with E-state index in [0.717, 1.165) is 24.8 Å². The first kappa shape index (κ1) is 61.7. The number of methoxy groups -OCH3 is 1. The van der Waals surface area contributed by atoms with Crippen molar-refractivity contribution in [3.8, 4) is 5.75 Å². The third kappa shape index (κ3) is 22.2. The van der Waals surface area contributed by atoms with E-state index in [-0.39, 0.29) is 70.6 Å². The van der Waals surface area contributed by atoms with Crippen LogP contribution in [0.25, 0.3) is 0 Å². The number of amides is 6. The number of hydrogen-bond acceptors (Lipinski definition) is 11. The van der Waals surface area contributed by atoms with Crippen LogP contribution in [0.15, 0.2) is 72.8 Å². The molecule has 0 aliphatic heterocycles. The smallest absolute Gasteiger partial charge is 0.323 e. The molecule has 0 aromatic heterocycles. The van der Waals surface area contributed by atoms with Crippen LogP contribution in [0, 0.1) is 30.6 Å². The third-order valence-corrected chi connectivity index (χ3v) is 13.2. The van der Waals surface area contributed by atoms with Crippen LogP contribution in [0.5, 0.6) is 5.75 Å². The number of ketones is 3. The standard InChI is InChI=1S/C54H70N6O14.CH4/c1-33-11-6-7-15-43(33)60-54(73)57-39-22-18-35(19-23-39)28-40(61)29-37(14-8-9-26-56-53(55)72)50(68)58-44(16-10-17-48(64)65)47(63)31-42(36-12-4-3-5-13-36)51(69)59-45(32-49(66)67)46(62)30-38(52(70)71)27-34-20-24-41(74-2)25-21-34;/h6-7,11,15,18-25,36-38,42,44-45H,3-5,8-10,12-14,16-17,26-32H2,1-2H3,(H,58,68)(H,59,69)(H,64,65)(H,66,67)(H,70,71)(H3,55,56,72)(H2,57,60,73);1H4/t37-,38+,42-,44+,45+;/m1./s1. The molecule has 0 spiro atoms. The Kier molecular flexibility index (Phi) is 26.2. The number of carbonyl (C=O) groups is 10. The molecule has 0 heterocycles. The molecule has 5 atom stereocenters. The number of anilines is 2. The van der Waals surface area contributed by atoms with Gasteiger partial charge in [-0.2, -0.15) is 0 Å². The topological polar surface area (TPSA) is 327 Å². The fraction of sp³-hybridized carbons (Fsp3) is 0.491. The second-order valence-electron chi connectivity index (χ2n) is 18.9. The number of urea groups is 2. The summed E-state index contributed by atoms with van der Waals surface area (Å²) < 4.78 is 5.16. The average molecular weight is 1040 g/mol. The van der Waals surface area contributed by atoms with Crippen LogP contribution in [-0.4, -0.2) is 100 Å². The summed E-state index contributed by atoms with van der Waals surface area (Å²) in [4.78, 5) is 130. The van der Waals surface area contributed by atoms with Crippen molar-refractivity contribution in [1.29, 1.82) is 0 Å². The molecular formula is C55H74N6O14. The van der Waals surface area contributed by atoms with Crippen molar-refractivity contribution in [3.63, 3.8) is 0 Å². The van der Waals surface area contributed by atoms with Gasteiger partial charge in [-0.05, 0) is 105 Å². The molecule has 3 aromatic rings. The fourth-order valence-corrected chi connectivity index (χ4v) is 9.14. The van der Waals surface area contributed by atoms with E-state index >= 15 is 0 Å². The SMILES string of the molecule is C.COc1ccc(C[C@@H](CC(=O)[C@H](CC(=O)O)NC(=O)[C@H](CC(=O)[C@H](CCCC(=O)O)NC(=O)[C@H](CCCCNC(N)=O)CC(=O)Cc2ccc(NC(=O)Nc3ccccc3C)cc2)C2CCCCC2)C(=O)O)cc1. The van der Waals surface area contributed by atoms with Crippen LogP contribution >= 0.6 is 0 Å². The van der Waals surface area contributed by atoms with Crippen molar-refractivity contribution >= 4 is 70.5 Å². The zero-order valence-electron chi connectivity index (χ0n) is 42.0. The molecule has 0 saturated heterocycles. The number of unbranched alkanes of at least 4 members (excludes halogenated alkanes) is 1. The highest BCUT2D eigenvalue weighted by atomic mass is 16.5. The number of hydrogen-bond donors (Lipinski definition) is 9. The lowest BCUT2D eigenvalue weighted by molar-refractivity contribution is -0.145. The largest absolute Gasteiger partial charge is 0.497 e. The van der Waals surface area contributed by atoms with Gasteiger partial charge < -0.3 is 52.4 Å². The number of nitrogens with one attached hydrogen (secondary N) is 5. The van der Waals surface area contributed by atoms with Crippen molar-refractivity contribution in [2.75, 3.05) is 24.3 Å². The Morgan fingerprint density at radius 2 is 1.31 bits per heavy atom. The van der Waals surface area contributed by atoms with Gasteiger partial charge in [0.1, 0.15) is 11.5 Å². The quantitative estimate of drug-likeness (QED) is 0.0285. The first-order valence-corrected chi connectivity index (χ1v) is 25.0. The molecular weight excluding hydrogens is 969 g/mol. The number of aryl methyl sites for hydroxylation is 1. The van der Waals surface area contributed by atoms with Crippen molar-refractivity contribution < 1.29 is 68.0 Å². The summed E-state index contributed by atoms with van der Waals surface area (Å²) in [7, 11) is 1.47. The minimum absolute atomic E-state index is 0. The minimum Gasteiger partial charge on any atom is -0.497 e. The predicted octanol–water partition coefficient (Wildman–Crippen LogP) is 7.00. The summed E-state index contributed by atoms with van der Waals surface area (Å²) in [6, 6.07) is 16.3. The molecule has 75 heavy (non-hydrogen) atoms. The zero-order valence-corrected chi connectivity index (χ0v) is 42.0. The molecule has 1 aliphatic carbocycles. The first-order chi connectivity index (χ1) is 35.3. The van der Waals surface area contributed by atoms with Gasteiger partial charge in [0, 0.05) is 61.9 Å². The van der Waals surface area contributed by atoms with Gasteiger partial charge in [-0.3, -0.25) is 38.4 Å².